The average molecular weight is 270 g/mol. The molecule has 0 radical (unpaired) electrons. The second-order valence-electron chi connectivity index (χ2n) is 5.83. The molecule has 1 heteroatoms. The number of allylic oxidation sites excluding steroid dienone is 1. The van der Waals surface area contributed by atoms with Crippen LogP contribution in [0.2, 0.25) is 0 Å². The van der Waals surface area contributed by atoms with Crippen molar-refractivity contribution in [2.24, 2.45) is 5.92 Å². The maximum Gasteiger partial charge on any atom is 0.170 e. The van der Waals surface area contributed by atoms with Crippen molar-refractivity contribution in [3.05, 3.63) is 41.5 Å². The number of rotatable bonds is 8. The maximum absolute atomic E-state index is 12.4. The maximum atomic E-state index is 12.4. The van der Waals surface area contributed by atoms with E-state index in [0.29, 0.717) is 5.78 Å². The lowest BCUT2D eigenvalue weighted by Crippen LogP contribution is -2.16. The number of Topliss-reactive ketones (excluding diaryl/α,β-unsaturated/α-hetero) is 1. The number of ketones is 1. The summed E-state index contributed by atoms with van der Waals surface area (Å²) in [6.07, 6.45) is 14.4. The highest BCUT2D eigenvalue weighted by molar-refractivity contribution is 6.04. The lowest BCUT2D eigenvalue weighted by molar-refractivity contribution is 0.0937. The summed E-state index contributed by atoms with van der Waals surface area (Å²) in [5.74, 6) is 0.426. The summed E-state index contributed by atoms with van der Waals surface area (Å²) < 4.78 is 0. The summed E-state index contributed by atoms with van der Waals surface area (Å²) in [6.45, 7) is 2.25. The predicted octanol–water partition coefficient (Wildman–Crippen LogP) is 5.65. The Morgan fingerprint density at radius 2 is 1.65 bits per heavy atom. The Labute approximate surface area is 123 Å². The van der Waals surface area contributed by atoms with E-state index in [-0.39, 0.29) is 5.92 Å². The largest absolute Gasteiger partial charge is 0.293 e. The number of hydrogen-bond acceptors (Lipinski definition) is 1. The van der Waals surface area contributed by atoms with Crippen LogP contribution in [0.3, 0.4) is 0 Å². The molecule has 1 aromatic carbocycles. The second kappa shape index (κ2) is 8.04. The molecule has 2 rings (SSSR count). The number of benzene rings is 1. The van der Waals surface area contributed by atoms with Gasteiger partial charge < -0.3 is 0 Å². The summed E-state index contributed by atoms with van der Waals surface area (Å²) >= 11 is 0. The molecule has 20 heavy (non-hydrogen) atoms. The summed E-state index contributed by atoms with van der Waals surface area (Å²) in [5, 5.41) is 0. The normalized spacial score (nSPS) is 17.2. The van der Waals surface area contributed by atoms with Crippen molar-refractivity contribution < 1.29 is 4.79 Å². The highest BCUT2D eigenvalue weighted by Crippen LogP contribution is 2.26. The fourth-order valence-corrected chi connectivity index (χ4v) is 2.92. The van der Waals surface area contributed by atoms with Gasteiger partial charge in [-0.2, -0.15) is 0 Å². The van der Waals surface area contributed by atoms with E-state index in [0.717, 1.165) is 17.5 Å². The van der Waals surface area contributed by atoms with Crippen molar-refractivity contribution in [2.75, 3.05) is 0 Å². The third kappa shape index (κ3) is 4.06. The summed E-state index contributed by atoms with van der Waals surface area (Å²) in [7, 11) is 0. The van der Waals surface area contributed by atoms with Crippen LogP contribution >= 0.6 is 0 Å². The molecule has 0 aliphatic heterocycles. The van der Waals surface area contributed by atoms with Crippen LogP contribution in [0, 0.1) is 5.92 Å². The molecule has 108 valence electrons. The first kappa shape index (κ1) is 15.0. The third-order valence-electron chi connectivity index (χ3n) is 4.19. The van der Waals surface area contributed by atoms with Gasteiger partial charge in [0.25, 0.3) is 0 Å². The molecule has 1 nitrogen and oxygen atoms in total. The van der Waals surface area contributed by atoms with E-state index in [1.807, 2.05) is 24.3 Å². The Balaban J connectivity index is 1.72. The molecule has 1 aliphatic rings. The van der Waals surface area contributed by atoms with Crippen molar-refractivity contribution in [3.63, 3.8) is 0 Å². The van der Waals surface area contributed by atoms with Gasteiger partial charge in [-0.05, 0) is 12.0 Å². The number of unbranched alkanes of at least 4 members (excludes halogenated alkanes) is 6. The quantitative estimate of drug-likeness (QED) is 0.558. The van der Waals surface area contributed by atoms with E-state index >= 15 is 0 Å². The van der Waals surface area contributed by atoms with Crippen LogP contribution in [-0.4, -0.2) is 5.78 Å². The highest BCUT2D eigenvalue weighted by Gasteiger charge is 2.22. The zero-order valence-electron chi connectivity index (χ0n) is 12.6. The van der Waals surface area contributed by atoms with Crippen LogP contribution in [-0.2, 0) is 0 Å². The fraction of sp³-hybridized carbons (Fsp3) is 0.526. The van der Waals surface area contributed by atoms with E-state index in [4.69, 9.17) is 0 Å². The predicted molar refractivity (Wildman–Crippen MR) is 85.9 cm³/mol. The van der Waals surface area contributed by atoms with Crippen molar-refractivity contribution in [1.82, 2.24) is 0 Å². The molecule has 0 aromatic heterocycles. The monoisotopic (exact) mass is 270 g/mol. The van der Waals surface area contributed by atoms with Crippen LogP contribution < -0.4 is 0 Å². The van der Waals surface area contributed by atoms with Gasteiger partial charge in [-0.25, -0.2) is 0 Å². The van der Waals surface area contributed by atoms with Gasteiger partial charge in [0.2, 0.25) is 0 Å². The first-order chi connectivity index (χ1) is 9.83. The van der Waals surface area contributed by atoms with Crippen molar-refractivity contribution in [2.45, 2.75) is 58.3 Å². The minimum atomic E-state index is 0.112. The standard InChI is InChI=1S/C19H26O/c1-2-3-4-5-6-7-8-12-17-15-14-16-11-9-10-13-18(16)19(17)20/h9-11,13-15,17H,2-8,12H2,1H3. The Morgan fingerprint density at radius 3 is 2.45 bits per heavy atom. The number of carbonyl (C=O) groups is 1. The molecule has 1 aliphatic carbocycles. The molecule has 0 N–H and O–H groups in total. The van der Waals surface area contributed by atoms with Gasteiger partial charge in [0.15, 0.2) is 5.78 Å². The van der Waals surface area contributed by atoms with Gasteiger partial charge in [0.05, 0.1) is 0 Å². The zero-order valence-corrected chi connectivity index (χ0v) is 12.6. The summed E-state index contributed by atoms with van der Waals surface area (Å²) in [4.78, 5) is 12.4. The van der Waals surface area contributed by atoms with E-state index in [1.165, 1.54) is 44.9 Å². The third-order valence-corrected chi connectivity index (χ3v) is 4.19. The topological polar surface area (TPSA) is 17.1 Å². The van der Waals surface area contributed by atoms with Crippen molar-refractivity contribution in [3.8, 4) is 0 Å². The van der Waals surface area contributed by atoms with E-state index in [1.54, 1.807) is 0 Å². The average Bonchev–Trinajstić information content (AvgIpc) is 2.49. The minimum Gasteiger partial charge on any atom is -0.293 e. The fourth-order valence-electron chi connectivity index (χ4n) is 2.92. The van der Waals surface area contributed by atoms with Gasteiger partial charge >= 0.3 is 0 Å². The highest BCUT2D eigenvalue weighted by atomic mass is 16.1. The SMILES string of the molecule is CCCCCCCCCC1C=Cc2ccccc2C1=O. The van der Waals surface area contributed by atoms with Gasteiger partial charge in [0, 0.05) is 11.5 Å². The van der Waals surface area contributed by atoms with Gasteiger partial charge in [-0.1, -0.05) is 88.3 Å². The van der Waals surface area contributed by atoms with Crippen LogP contribution in [0.25, 0.3) is 6.08 Å². The van der Waals surface area contributed by atoms with Gasteiger partial charge in [0.1, 0.15) is 0 Å². The molecule has 1 aromatic rings. The number of fused-ring (bicyclic) bond motifs is 1. The van der Waals surface area contributed by atoms with Crippen LogP contribution in [0.5, 0.6) is 0 Å². The molecule has 0 heterocycles. The first-order valence-corrected chi connectivity index (χ1v) is 8.14. The Bertz CT molecular complexity index is 459. The van der Waals surface area contributed by atoms with Crippen LogP contribution in [0.1, 0.15) is 74.2 Å². The zero-order chi connectivity index (χ0) is 14.2. The van der Waals surface area contributed by atoms with Crippen LogP contribution in [0.4, 0.5) is 0 Å². The van der Waals surface area contributed by atoms with Crippen LogP contribution in [0.15, 0.2) is 30.3 Å². The van der Waals surface area contributed by atoms with Gasteiger partial charge in [-0.15, -0.1) is 0 Å². The molecule has 0 spiro atoms. The minimum absolute atomic E-state index is 0.112. The molecule has 1 unspecified atom stereocenters. The second-order valence-corrected chi connectivity index (χ2v) is 5.83. The lowest BCUT2D eigenvalue weighted by Gasteiger charge is -2.17. The van der Waals surface area contributed by atoms with Gasteiger partial charge in [-0.3, -0.25) is 4.79 Å². The molecule has 0 amide bonds. The molecular formula is C19H26O. The van der Waals surface area contributed by atoms with E-state index in [9.17, 15) is 4.79 Å². The molecule has 0 bridgehead atoms. The molecule has 0 fully saturated rings. The summed E-state index contributed by atoms with van der Waals surface area (Å²) in [5.41, 5.74) is 1.98. The lowest BCUT2D eigenvalue weighted by atomic mass is 9.85. The first-order valence-electron chi connectivity index (χ1n) is 8.14. The molecule has 0 saturated heterocycles. The summed E-state index contributed by atoms with van der Waals surface area (Å²) in [6, 6.07) is 7.93. The molecular weight excluding hydrogens is 244 g/mol. The van der Waals surface area contributed by atoms with E-state index in [2.05, 4.69) is 19.1 Å². The Morgan fingerprint density at radius 1 is 0.950 bits per heavy atom. The van der Waals surface area contributed by atoms with E-state index < -0.39 is 0 Å². The molecule has 1 atom stereocenters. The molecule has 0 saturated carbocycles. The Hall–Kier alpha value is -1.37. The Kier molecular flexibility index (Phi) is 6.04. The number of hydrogen-bond donors (Lipinski definition) is 0. The number of carbonyl (C=O) groups excluding carboxylic acids is 1. The van der Waals surface area contributed by atoms with Crippen molar-refractivity contribution >= 4 is 11.9 Å². The smallest absolute Gasteiger partial charge is 0.170 e. The van der Waals surface area contributed by atoms with Crippen molar-refractivity contribution in [1.29, 1.82) is 0 Å².